The Kier molecular flexibility index (Phi) is 7.72. The van der Waals surface area contributed by atoms with E-state index in [-0.39, 0.29) is 23.7 Å². The van der Waals surface area contributed by atoms with Gasteiger partial charge < -0.3 is 9.80 Å². The fraction of sp³-hybridized carbons (Fsp3) is 0.538. The average Bonchev–Trinajstić information content (AvgIpc) is 3.58. The van der Waals surface area contributed by atoms with Crippen LogP contribution < -0.4 is 15.8 Å². The number of anilines is 1. The monoisotopic (exact) mass is 494 g/mol. The molecule has 1 amide bonds. The molecule has 0 radical (unpaired) electrons. The molecule has 9 nitrogen and oxygen atoms in total. The maximum absolute atomic E-state index is 13.1. The molecule has 2 saturated heterocycles. The van der Waals surface area contributed by atoms with E-state index < -0.39 is 0 Å². The molecule has 2 fully saturated rings. The Morgan fingerprint density at radius 1 is 1.08 bits per heavy atom. The van der Waals surface area contributed by atoms with Crippen molar-refractivity contribution < 1.29 is 9.18 Å². The number of rotatable bonds is 9. The predicted molar refractivity (Wildman–Crippen MR) is 136 cm³/mol. The van der Waals surface area contributed by atoms with Crippen molar-refractivity contribution in [3.63, 3.8) is 0 Å². The lowest BCUT2D eigenvalue weighted by molar-refractivity contribution is -0.134. The van der Waals surface area contributed by atoms with Crippen LogP contribution in [-0.2, 0) is 4.79 Å². The minimum Gasteiger partial charge on any atom is -0.355 e. The molecule has 36 heavy (non-hydrogen) atoms. The Hall–Kier alpha value is -3.11. The first-order valence-corrected chi connectivity index (χ1v) is 13.0. The average molecular weight is 495 g/mol. The van der Waals surface area contributed by atoms with E-state index in [0.29, 0.717) is 6.04 Å². The highest BCUT2D eigenvalue weighted by atomic mass is 19.1. The number of unbranched alkanes of at least 4 members (excludes halogenated alkanes) is 2. The van der Waals surface area contributed by atoms with Crippen LogP contribution in [-0.4, -0.2) is 63.3 Å². The van der Waals surface area contributed by atoms with Crippen molar-refractivity contribution >= 4 is 17.4 Å². The molecule has 1 aromatic carbocycles. The first-order chi connectivity index (χ1) is 17.6. The van der Waals surface area contributed by atoms with Gasteiger partial charge in [-0.1, -0.05) is 25.0 Å². The minimum absolute atomic E-state index is 0.0852. The molecule has 2 aromatic heterocycles. The molecule has 10 heteroatoms. The van der Waals surface area contributed by atoms with Crippen molar-refractivity contribution in [2.24, 2.45) is 5.92 Å². The standard InChI is InChI=1S/C26H35FN8O/c1-33(14-4-2-3-5-22-17-23(30-29-22)19-6-8-21(27)9-7-19)26(36)20-12-15-34(16-13-20)25-11-10-24-31-28-18-35(24)32-25/h6-11,18,20,22-23,29-30H,2-5,12-17H2,1H3. The van der Waals surface area contributed by atoms with Crippen LogP contribution in [0.3, 0.4) is 0 Å². The van der Waals surface area contributed by atoms with Gasteiger partial charge >= 0.3 is 0 Å². The van der Waals surface area contributed by atoms with Gasteiger partial charge in [0.2, 0.25) is 5.91 Å². The SMILES string of the molecule is CN(CCCCCC1CC(c2ccc(F)cc2)NN1)C(=O)C1CCN(c2ccc3nncn3n2)CC1. The van der Waals surface area contributed by atoms with E-state index in [1.165, 1.54) is 12.1 Å². The molecule has 2 atom stereocenters. The van der Waals surface area contributed by atoms with Gasteiger partial charge in [0.1, 0.15) is 18.0 Å². The van der Waals surface area contributed by atoms with Crippen molar-refractivity contribution in [1.82, 2.24) is 35.6 Å². The summed E-state index contributed by atoms with van der Waals surface area (Å²) in [5.74, 6) is 1.05. The molecule has 4 heterocycles. The normalized spacial score (nSPS) is 20.8. The molecule has 0 spiro atoms. The molecule has 0 bridgehead atoms. The van der Waals surface area contributed by atoms with E-state index >= 15 is 0 Å². The van der Waals surface area contributed by atoms with Gasteiger partial charge in [0.05, 0.1) is 0 Å². The number of nitrogens with one attached hydrogen (secondary N) is 2. The third-order valence-electron chi connectivity index (χ3n) is 7.49. The molecular formula is C26H35FN8O. The quantitative estimate of drug-likeness (QED) is 0.442. The van der Waals surface area contributed by atoms with Crippen LogP contribution in [0.4, 0.5) is 10.2 Å². The molecule has 0 saturated carbocycles. The van der Waals surface area contributed by atoms with Crippen molar-refractivity contribution in [3.8, 4) is 0 Å². The second-order valence-corrected chi connectivity index (χ2v) is 10.0. The van der Waals surface area contributed by atoms with Gasteiger partial charge in [-0.2, -0.15) is 4.52 Å². The van der Waals surface area contributed by atoms with Crippen molar-refractivity contribution in [2.45, 2.75) is 57.0 Å². The van der Waals surface area contributed by atoms with Crippen LogP contribution in [0.2, 0.25) is 0 Å². The molecule has 0 aliphatic carbocycles. The van der Waals surface area contributed by atoms with Crippen LogP contribution in [0.25, 0.3) is 5.65 Å². The Labute approximate surface area is 211 Å². The Balaban J connectivity index is 0.974. The lowest BCUT2D eigenvalue weighted by Gasteiger charge is -2.33. The predicted octanol–water partition coefficient (Wildman–Crippen LogP) is 3.11. The van der Waals surface area contributed by atoms with Crippen LogP contribution >= 0.6 is 0 Å². The van der Waals surface area contributed by atoms with E-state index in [4.69, 9.17) is 0 Å². The summed E-state index contributed by atoms with van der Waals surface area (Å²) >= 11 is 0. The van der Waals surface area contributed by atoms with Crippen LogP contribution in [0, 0.1) is 11.7 Å². The summed E-state index contributed by atoms with van der Waals surface area (Å²) in [4.78, 5) is 17.1. The van der Waals surface area contributed by atoms with Gasteiger partial charge in [-0.05, 0) is 61.9 Å². The molecule has 2 N–H and O–H groups in total. The highest BCUT2D eigenvalue weighted by Crippen LogP contribution is 2.25. The summed E-state index contributed by atoms with van der Waals surface area (Å²) in [7, 11) is 1.94. The molecule has 5 rings (SSSR count). The number of piperidine rings is 1. The third kappa shape index (κ3) is 5.82. The second-order valence-electron chi connectivity index (χ2n) is 10.0. The van der Waals surface area contributed by atoms with Crippen LogP contribution in [0.1, 0.15) is 56.6 Å². The smallest absolute Gasteiger partial charge is 0.225 e. The lowest BCUT2D eigenvalue weighted by Crippen LogP contribution is -2.42. The number of hydrogen-bond acceptors (Lipinski definition) is 7. The number of carbonyl (C=O) groups is 1. The fourth-order valence-electron chi connectivity index (χ4n) is 5.31. The van der Waals surface area contributed by atoms with E-state index in [1.54, 1.807) is 10.8 Å². The molecule has 2 aliphatic heterocycles. The van der Waals surface area contributed by atoms with E-state index in [9.17, 15) is 9.18 Å². The summed E-state index contributed by atoms with van der Waals surface area (Å²) in [6.45, 7) is 2.46. The first kappa shape index (κ1) is 24.6. The summed E-state index contributed by atoms with van der Waals surface area (Å²) in [6, 6.07) is 11.3. The zero-order valence-corrected chi connectivity index (χ0v) is 20.8. The lowest BCUT2D eigenvalue weighted by atomic mass is 9.95. The zero-order valence-electron chi connectivity index (χ0n) is 20.8. The largest absolute Gasteiger partial charge is 0.355 e. The minimum atomic E-state index is -0.200. The Bertz CT molecular complexity index is 1140. The van der Waals surface area contributed by atoms with Gasteiger partial charge in [0.15, 0.2) is 5.65 Å². The maximum Gasteiger partial charge on any atom is 0.225 e. The third-order valence-corrected chi connectivity index (χ3v) is 7.49. The Morgan fingerprint density at radius 2 is 1.89 bits per heavy atom. The highest BCUT2D eigenvalue weighted by molar-refractivity contribution is 5.78. The molecule has 3 aromatic rings. The van der Waals surface area contributed by atoms with Gasteiger partial charge in [0.25, 0.3) is 0 Å². The van der Waals surface area contributed by atoms with Crippen molar-refractivity contribution in [2.75, 3.05) is 31.6 Å². The van der Waals surface area contributed by atoms with Gasteiger partial charge in [-0.15, -0.1) is 15.3 Å². The number of hydrogen-bond donors (Lipinski definition) is 2. The fourth-order valence-corrected chi connectivity index (χ4v) is 5.31. The summed E-state index contributed by atoms with van der Waals surface area (Å²) in [5.41, 5.74) is 8.56. The number of nitrogens with zero attached hydrogens (tertiary/aromatic N) is 6. The number of fused-ring (bicyclic) bond motifs is 1. The first-order valence-electron chi connectivity index (χ1n) is 13.0. The second kappa shape index (κ2) is 11.3. The highest BCUT2D eigenvalue weighted by Gasteiger charge is 2.28. The number of hydrazine groups is 1. The van der Waals surface area contributed by atoms with Crippen molar-refractivity contribution in [1.29, 1.82) is 0 Å². The number of amides is 1. The summed E-state index contributed by atoms with van der Waals surface area (Å²) in [6.07, 6.45) is 8.65. The van der Waals surface area contributed by atoms with E-state index in [0.717, 1.165) is 81.6 Å². The van der Waals surface area contributed by atoms with Gasteiger partial charge in [-0.3, -0.25) is 15.6 Å². The number of benzene rings is 1. The maximum atomic E-state index is 13.1. The number of aromatic nitrogens is 4. The van der Waals surface area contributed by atoms with Crippen molar-refractivity contribution in [3.05, 3.63) is 54.1 Å². The Morgan fingerprint density at radius 3 is 2.69 bits per heavy atom. The molecule has 2 unspecified atom stereocenters. The molecule has 2 aliphatic rings. The molecule has 192 valence electrons. The number of carbonyl (C=O) groups excluding carboxylic acids is 1. The van der Waals surface area contributed by atoms with E-state index in [1.807, 2.05) is 36.2 Å². The number of halogens is 1. The van der Waals surface area contributed by atoms with Gasteiger partial charge in [-0.25, -0.2) is 4.39 Å². The summed E-state index contributed by atoms with van der Waals surface area (Å²) < 4.78 is 14.8. The molecular weight excluding hydrogens is 459 g/mol. The topological polar surface area (TPSA) is 90.7 Å². The van der Waals surface area contributed by atoms with E-state index in [2.05, 4.69) is 31.0 Å². The summed E-state index contributed by atoms with van der Waals surface area (Å²) in [5, 5.41) is 12.5. The zero-order chi connectivity index (χ0) is 24.9. The van der Waals surface area contributed by atoms with Crippen LogP contribution in [0.5, 0.6) is 0 Å². The van der Waals surface area contributed by atoms with Crippen LogP contribution in [0.15, 0.2) is 42.7 Å². The van der Waals surface area contributed by atoms with Gasteiger partial charge in [0, 0.05) is 44.7 Å².